The lowest BCUT2D eigenvalue weighted by atomic mass is 10.1. The second-order valence-corrected chi connectivity index (χ2v) is 8.80. The van der Waals surface area contributed by atoms with Crippen molar-refractivity contribution in [2.75, 3.05) is 13.2 Å². The average molecular weight is 394 g/mol. The molecule has 0 radical (unpaired) electrons. The Hall–Kier alpha value is -2.39. The third-order valence-corrected chi connectivity index (χ3v) is 5.19. The zero-order valence-corrected chi connectivity index (χ0v) is 16.6. The number of carbonyl (C=O) groups is 1. The molecule has 2 N–H and O–H groups in total. The topological polar surface area (TPSA) is 102 Å². The number of carbonyl (C=O) groups excluding carboxylic acids is 1. The molecule has 2 aromatic rings. The molecule has 0 aliphatic rings. The fourth-order valence-corrected chi connectivity index (χ4v) is 3.70. The third kappa shape index (κ3) is 7.40. The number of benzene rings is 1. The average Bonchev–Trinajstić information content (AvgIpc) is 3.08. The van der Waals surface area contributed by atoms with E-state index < -0.39 is 15.6 Å². The minimum atomic E-state index is -3.59. The van der Waals surface area contributed by atoms with E-state index in [1.807, 2.05) is 10.8 Å². The Kier molecular flexibility index (Phi) is 6.98. The van der Waals surface area contributed by atoms with Crippen molar-refractivity contribution in [2.45, 2.75) is 44.2 Å². The van der Waals surface area contributed by atoms with Crippen molar-refractivity contribution in [1.82, 2.24) is 19.6 Å². The molecule has 1 amide bonds. The van der Waals surface area contributed by atoms with Crippen LogP contribution in [0, 0.1) is 0 Å². The number of nitrogens with zero attached hydrogens (tertiary/aromatic N) is 2. The van der Waals surface area contributed by atoms with Crippen LogP contribution in [0.4, 0.5) is 0 Å². The summed E-state index contributed by atoms with van der Waals surface area (Å²) in [4.78, 5) is 15.9. The van der Waals surface area contributed by atoms with E-state index >= 15 is 0 Å². The van der Waals surface area contributed by atoms with Gasteiger partial charge in [-0.1, -0.05) is 0 Å². The molecule has 0 saturated heterocycles. The number of aryl methyl sites for hydroxylation is 1. The van der Waals surface area contributed by atoms with Crippen molar-refractivity contribution in [2.24, 2.45) is 0 Å². The molecule has 0 saturated carbocycles. The van der Waals surface area contributed by atoms with Crippen LogP contribution in [0.1, 0.15) is 27.2 Å². The van der Waals surface area contributed by atoms with Crippen LogP contribution in [0.5, 0.6) is 5.75 Å². The van der Waals surface area contributed by atoms with Gasteiger partial charge in [0.15, 0.2) is 6.61 Å². The summed E-state index contributed by atoms with van der Waals surface area (Å²) in [5, 5.41) is 2.77. The summed E-state index contributed by atoms with van der Waals surface area (Å²) in [6.45, 7) is 6.51. The van der Waals surface area contributed by atoms with Gasteiger partial charge < -0.3 is 14.6 Å². The summed E-state index contributed by atoms with van der Waals surface area (Å²) >= 11 is 0. The van der Waals surface area contributed by atoms with E-state index in [-0.39, 0.29) is 17.4 Å². The molecule has 0 aliphatic heterocycles. The number of hydrogen-bond acceptors (Lipinski definition) is 5. The number of nitrogens with one attached hydrogen (secondary N) is 2. The van der Waals surface area contributed by atoms with Gasteiger partial charge in [0.05, 0.1) is 11.2 Å². The van der Waals surface area contributed by atoms with E-state index in [1.54, 1.807) is 33.3 Å². The highest BCUT2D eigenvalue weighted by atomic mass is 32.2. The molecule has 27 heavy (non-hydrogen) atoms. The molecule has 0 unspecified atom stereocenters. The molecule has 0 fully saturated rings. The van der Waals surface area contributed by atoms with Crippen molar-refractivity contribution in [3.8, 4) is 5.75 Å². The van der Waals surface area contributed by atoms with Crippen LogP contribution in [-0.4, -0.2) is 42.6 Å². The minimum absolute atomic E-state index is 0.128. The lowest BCUT2D eigenvalue weighted by molar-refractivity contribution is -0.123. The molecule has 9 heteroatoms. The van der Waals surface area contributed by atoms with E-state index in [9.17, 15) is 13.2 Å². The predicted molar refractivity (Wildman–Crippen MR) is 102 cm³/mol. The van der Waals surface area contributed by atoms with Gasteiger partial charge in [0, 0.05) is 31.0 Å². The number of hydrogen-bond donors (Lipinski definition) is 2. The van der Waals surface area contributed by atoms with Gasteiger partial charge in [-0.3, -0.25) is 4.79 Å². The molecule has 1 aromatic carbocycles. The first-order valence-electron chi connectivity index (χ1n) is 8.65. The zero-order valence-electron chi connectivity index (χ0n) is 15.8. The highest BCUT2D eigenvalue weighted by Gasteiger charge is 2.21. The van der Waals surface area contributed by atoms with Crippen molar-refractivity contribution >= 4 is 15.9 Å². The molecule has 8 nitrogen and oxygen atoms in total. The minimum Gasteiger partial charge on any atom is -0.484 e. The lowest BCUT2D eigenvalue weighted by Crippen LogP contribution is -2.40. The monoisotopic (exact) mass is 394 g/mol. The van der Waals surface area contributed by atoms with Crippen molar-refractivity contribution in [3.63, 3.8) is 0 Å². The third-order valence-electron chi connectivity index (χ3n) is 3.42. The van der Waals surface area contributed by atoms with E-state index in [0.717, 1.165) is 13.0 Å². The van der Waals surface area contributed by atoms with Gasteiger partial charge in [-0.25, -0.2) is 18.1 Å². The molecule has 0 bridgehead atoms. The Morgan fingerprint density at radius 2 is 1.93 bits per heavy atom. The Bertz CT molecular complexity index is 825. The highest BCUT2D eigenvalue weighted by molar-refractivity contribution is 7.89. The summed E-state index contributed by atoms with van der Waals surface area (Å²) < 4.78 is 34.4. The number of rotatable bonds is 9. The Morgan fingerprint density at radius 1 is 1.22 bits per heavy atom. The van der Waals surface area contributed by atoms with Crippen LogP contribution < -0.4 is 14.8 Å². The van der Waals surface area contributed by atoms with Gasteiger partial charge in [-0.15, -0.1) is 0 Å². The molecule has 1 aromatic heterocycles. The first-order valence-corrected chi connectivity index (χ1v) is 10.1. The fraction of sp³-hybridized carbons (Fsp3) is 0.444. The molecule has 0 atom stereocenters. The van der Waals surface area contributed by atoms with Crippen LogP contribution in [0.15, 0.2) is 47.9 Å². The molecule has 2 rings (SSSR count). The maximum absolute atomic E-state index is 12.2. The number of sulfonamides is 1. The lowest BCUT2D eigenvalue weighted by Gasteiger charge is -2.20. The smallest absolute Gasteiger partial charge is 0.257 e. The summed E-state index contributed by atoms with van der Waals surface area (Å²) in [5.74, 6) is 0.199. The number of imidazole rings is 1. The summed E-state index contributed by atoms with van der Waals surface area (Å²) in [6.07, 6.45) is 6.09. The van der Waals surface area contributed by atoms with E-state index in [4.69, 9.17) is 4.74 Å². The number of amides is 1. The van der Waals surface area contributed by atoms with Gasteiger partial charge in [0.2, 0.25) is 10.0 Å². The van der Waals surface area contributed by atoms with Crippen LogP contribution in [0.3, 0.4) is 0 Å². The van der Waals surface area contributed by atoms with Crippen LogP contribution in [0.2, 0.25) is 0 Å². The normalized spacial score (nSPS) is 12.0. The molecular formula is C18H26N4O4S. The molecule has 0 aliphatic carbocycles. The van der Waals surface area contributed by atoms with E-state index in [0.29, 0.717) is 12.3 Å². The second kappa shape index (κ2) is 9.01. The Balaban J connectivity index is 1.75. The number of ether oxygens (including phenoxy) is 1. The first-order chi connectivity index (χ1) is 12.7. The summed E-state index contributed by atoms with van der Waals surface area (Å²) in [6, 6.07) is 5.96. The maximum Gasteiger partial charge on any atom is 0.257 e. The van der Waals surface area contributed by atoms with E-state index in [1.165, 1.54) is 24.3 Å². The SMILES string of the molecule is CC(C)(C)NS(=O)(=O)c1ccc(OCC(=O)NCCCn2ccnc2)cc1. The van der Waals surface area contributed by atoms with Crippen molar-refractivity contribution in [3.05, 3.63) is 43.0 Å². The van der Waals surface area contributed by atoms with Crippen LogP contribution in [0.25, 0.3) is 0 Å². The molecule has 1 heterocycles. The Morgan fingerprint density at radius 3 is 2.52 bits per heavy atom. The molecular weight excluding hydrogens is 368 g/mol. The first kappa shape index (κ1) is 20.9. The van der Waals surface area contributed by atoms with E-state index in [2.05, 4.69) is 15.0 Å². The van der Waals surface area contributed by atoms with Gasteiger partial charge in [0.25, 0.3) is 5.91 Å². The molecule has 0 spiro atoms. The molecule has 148 valence electrons. The quantitative estimate of drug-likeness (QED) is 0.628. The van der Waals surface area contributed by atoms with Crippen molar-refractivity contribution < 1.29 is 17.9 Å². The second-order valence-electron chi connectivity index (χ2n) is 7.12. The number of aromatic nitrogens is 2. The highest BCUT2D eigenvalue weighted by Crippen LogP contribution is 2.17. The van der Waals surface area contributed by atoms with Gasteiger partial charge in [-0.05, 0) is 51.5 Å². The largest absolute Gasteiger partial charge is 0.484 e. The van der Waals surface area contributed by atoms with Crippen LogP contribution in [-0.2, 0) is 21.4 Å². The van der Waals surface area contributed by atoms with Gasteiger partial charge in [-0.2, -0.15) is 0 Å². The maximum atomic E-state index is 12.2. The van der Waals surface area contributed by atoms with Gasteiger partial charge in [0.1, 0.15) is 5.75 Å². The fourth-order valence-electron chi connectivity index (χ4n) is 2.29. The summed E-state index contributed by atoms with van der Waals surface area (Å²) in [7, 11) is -3.59. The standard InChI is InChI=1S/C18H26N4O4S/c1-18(2,3)21-27(24,25)16-7-5-15(6-8-16)26-13-17(23)20-9-4-11-22-12-10-19-14-22/h5-8,10,12,14,21H,4,9,11,13H2,1-3H3,(H,20,23). The predicted octanol–water partition coefficient (Wildman–Crippen LogP) is 1.55. The zero-order chi connectivity index (χ0) is 19.9. The van der Waals surface area contributed by atoms with Gasteiger partial charge >= 0.3 is 0 Å². The summed E-state index contributed by atoms with van der Waals surface area (Å²) in [5.41, 5.74) is -0.566. The van der Waals surface area contributed by atoms with Crippen LogP contribution >= 0.6 is 0 Å². The van der Waals surface area contributed by atoms with Crippen molar-refractivity contribution in [1.29, 1.82) is 0 Å². The Labute approximate surface area is 160 Å².